The van der Waals surface area contributed by atoms with Gasteiger partial charge < -0.3 is 10.4 Å². The van der Waals surface area contributed by atoms with E-state index in [1.54, 1.807) is 19.1 Å². The number of nitrogens with zero attached hydrogens (tertiary/aromatic N) is 4. The molecule has 3 rings (SSSR count). The van der Waals surface area contributed by atoms with Crippen molar-refractivity contribution in [3.63, 3.8) is 0 Å². The number of nitrogens with one attached hydrogen (secondary N) is 1. The van der Waals surface area contributed by atoms with Crippen molar-refractivity contribution in [3.05, 3.63) is 41.5 Å². The largest absolute Gasteiger partial charge is 0.481 e. The maximum absolute atomic E-state index is 13.6. The van der Waals surface area contributed by atoms with Gasteiger partial charge in [-0.3, -0.25) is 9.59 Å². The Morgan fingerprint density at radius 1 is 1.32 bits per heavy atom. The number of aromatic nitrogens is 4. The second-order valence-electron chi connectivity index (χ2n) is 7.38. The van der Waals surface area contributed by atoms with Gasteiger partial charge >= 0.3 is 5.97 Å². The zero-order valence-corrected chi connectivity index (χ0v) is 15.8. The van der Waals surface area contributed by atoms with E-state index in [2.05, 4.69) is 20.8 Å². The number of halogens is 1. The lowest BCUT2D eigenvalue weighted by molar-refractivity contribution is -0.151. The Morgan fingerprint density at radius 3 is 2.68 bits per heavy atom. The molecule has 150 valence electrons. The normalized spacial score (nSPS) is 17.1. The molecular weight excluding hydrogens is 365 g/mol. The fraction of sp³-hybridized carbons (Fsp3) is 0.526. The number of carboxylic acid groups (broad SMARTS) is 1. The molecular formula is C19H24FN5O3. The number of rotatable bonds is 7. The van der Waals surface area contributed by atoms with Crippen LogP contribution < -0.4 is 5.32 Å². The summed E-state index contributed by atoms with van der Waals surface area (Å²) in [6, 6.07) is 5.20. The van der Waals surface area contributed by atoms with Gasteiger partial charge in [0.25, 0.3) is 0 Å². The van der Waals surface area contributed by atoms with Crippen molar-refractivity contribution in [3.8, 4) is 0 Å². The number of carbonyl (C=O) groups excluding carboxylic acids is 1. The molecule has 0 radical (unpaired) electrons. The predicted molar refractivity (Wildman–Crippen MR) is 97.9 cm³/mol. The lowest BCUT2D eigenvalue weighted by Crippen LogP contribution is -2.46. The molecule has 0 bridgehead atoms. The Morgan fingerprint density at radius 2 is 2.07 bits per heavy atom. The van der Waals surface area contributed by atoms with Crippen molar-refractivity contribution in [1.29, 1.82) is 0 Å². The maximum atomic E-state index is 13.6. The van der Waals surface area contributed by atoms with Crippen LogP contribution in [0.3, 0.4) is 0 Å². The monoisotopic (exact) mass is 389 g/mol. The molecule has 1 heterocycles. The summed E-state index contributed by atoms with van der Waals surface area (Å²) in [5, 5.41) is 23.8. The summed E-state index contributed by atoms with van der Waals surface area (Å²) in [7, 11) is 0. The number of carboxylic acids is 1. The lowest BCUT2D eigenvalue weighted by atomic mass is 9.74. The Balaban J connectivity index is 1.78. The first-order valence-electron chi connectivity index (χ1n) is 9.41. The SMILES string of the molecule is Cc1nnnn1C(Cc1cccc(F)c1)C(=O)NCC1(C(=O)O)CCCCC1. The lowest BCUT2D eigenvalue weighted by Gasteiger charge is -2.33. The fourth-order valence-electron chi connectivity index (χ4n) is 3.77. The van der Waals surface area contributed by atoms with Gasteiger partial charge in [0, 0.05) is 13.0 Å². The first-order chi connectivity index (χ1) is 13.4. The van der Waals surface area contributed by atoms with E-state index in [-0.39, 0.29) is 18.9 Å². The predicted octanol–water partition coefficient (Wildman–Crippen LogP) is 2.06. The van der Waals surface area contributed by atoms with Gasteiger partial charge in [0.05, 0.1) is 5.41 Å². The third kappa shape index (κ3) is 4.35. The minimum absolute atomic E-state index is 0.0575. The molecule has 1 aliphatic carbocycles. The standard InChI is InChI=1S/C19H24FN5O3/c1-13-22-23-24-25(13)16(11-14-6-5-7-15(20)10-14)17(26)21-12-19(18(27)28)8-3-2-4-9-19/h5-7,10,16H,2-4,8-9,11-12H2,1H3,(H,21,26)(H,27,28). The van der Waals surface area contributed by atoms with Crippen LogP contribution in [0.1, 0.15) is 49.5 Å². The Kier molecular flexibility index (Phi) is 6.01. The quantitative estimate of drug-likeness (QED) is 0.750. The number of carbonyl (C=O) groups is 2. The summed E-state index contributed by atoms with van der Waals surface area (Å²) >= 11 is 0. The van der Waals surface area contributed by atoms with Gasteiger partial charge in [-0.05, 0) is 47.9 Å². The molecule has 1 aromatic heterocycles. The van der Waals surface area contributed by atoms with Gasteiger partial charge in [0.1, 0.15) is 17.7 Å². The number of hydrogen-bond donors (Lipinski definition) is 2. The number of hydrogen-bond acceptors (Lipinski definition) is 5. The molecule has 1 fully saturated rings. The van der Waals surface area contributed by atoms with Crippen LogP contribution in [0, 0.1) is 18.2 Å². The summed E-state index contributed by atoms with van der Waals surface area (Å²) < 4.78 is 14.9. The smallest absolute Gasteiger partial charge is 0.311 e. The third-order valence-electron chi connectivity index (χ3n) is 5.44. The van der Waals surface area contributed by atoms with Gasteiger partial charge in [0.15, 0.2) is 0 Å². The van der Waals surface area contributed by atoms with Gasteiger partial charge in [-0.15, -0.1) is 5.10 Å². The molecule has 28 heavy (non-hydrogen) atoms. The average molecular weight is 389 g/mol. The molecule has 0 saturated heterocycles. The number of aryl methyl sites for hydroxylation is 1. The summed E-state index contributed by atoms with van der Waals surface area (Å²) in [6.45, 7) is 1.73. The number of tetrazole rings is 1. The van der Waals surface area contributed by atoms with Crippen LogP contribution in [-0.2, 0) is 16.0 Å². The van der Waals surface area contributed by atoms with E-state index in [1.165, 1.54) is 16.8 Å². The maximum Gasteiger partial charge on any atom is 0.311 e. The van der Waals surface area contributed by atoms with E-state index >= 15 is 0 Å². The molecule has 2 N–H and O–H groups in total. The number of amides is 1. The minimum Gasteiger partial charge on any atom is -0.481 e. The summed E-state index contributed by atoms with van der Waals surface area (Å²) in [6.07, 6.45) is 3.95. The van der Waals surface area contributed by atoms with E-state index in [1.807, 2.05) is 0 Å². The first kappa shape index (κ1) is 19.9. The fourth-order valence-corrected chi connectivity index (χ4v) is 3.77. The second kappa shape index (κ2) is 8.45. The Labute approximate surface area is 162 Å². The van der Waals surface area contributed by atoms with Crippen molar-refractivity contribution >= 4 is 11.9 Å². The van der Waals surface area contributed by atoms with Crippen LogP contribution in [0.2, 0.25) is 0 Å². The first-order valence-corrected chi connectivity index (χ1v) is 9.41. The van der Waals surface area contributed by atoms with Crippen molar-refractivity contribution in [2.45, 2.75) is 51.5 Å². The molecule has 9 heteroatoms. The average Bonchev–Trinajstić information content (AvgIpc) is 3.10. The van der Waals surface area contributed by atoms with Crippen LogP contribution in [0.25, 0.3) is 0 Å². The Bertz CT molecular complexity index is 848. The van der Waals surface area contributed by atoms with Crippen LogP contribution >= 0.6 is 0 Å². The van der Waals surface area contributed by atoms with Crippen LogP contribution in [0.5, 0.6) is 0 Å². The highest BCUT2D eigenvalue weighted by molar-refractivity contribution is 5.82. The van der Waals surface area contributed by atoms with Crippen LogP contribution in [-0.4, -0.2) is 43.7 Å². The zero-order valence-electron chi connectivity index (χ0n) is 15.8. The highest BCUT2D eigenvalue weighted by Gasteiger charge is 2.40. The molecule has 1 amide bonds. The number of aliphatic carboxylic acids is 1. The van der Waals surface area contributed by atoms with Gasteiger partial charge in [-0.1, -0.05) is 31.4 Å². The van der Waals surface area contributed by atoms with E-state index in [0.717, 1.165) is 19.3 Å². The molecule has 1 aromatic carbocycles. The molecule has 0 spiro atoms. The highest BCUT2D eigenvalue weighted by Crippen LogP contribution is 2.36. The Hall–Kier alpha value is -2.84. The van der Waals surface area contributed by atoms with E-state index < -0.39 is 23.2 Å². The van der Waals surface area contributed by atoms with Crippen LogP contribution in [0.15, 0.2) is 24.3 Å². The van der Waals surface area contributed by atoms with Crippen LogP contribution in [0.4, 0.5) is 4.39 Å². The summed E-state index contributed by atoms with van der Waals surface area (Å²) in [5.74, 6) is -1.21. The van der Waals surface area contributed by atoms with Crippen molar-refractivity contribution in [2.24, 2.45) is 5.41 Å². The van der Waals surface area contributed by atoms with E-state index in [4.69, 9.17) is 0 Å². The third-order valence-corrected chi connectivity index (χ3v) is 5.44. The molecule has 1 aliphatic rings. The molecule has 1 atom stereocenters. The highest BCUT2D eigenvalue weighted by atomic mass is 19.1. The van der Waals surface area contributed by atoms with Crippen molar-refractivity contribution < 1.29 is 19.1 Å². The molecule has 1 unspecified atom stereocenters. The van der Waals surface area contributed by atoms with E-state index in [0.29, 0.717) is 24.2 Å². The number of benzene rings is 1. The van der Waals surface area contributed by atoms with E-state index in [9.17, 15) is 19.1 Å². The van der Waals surface area contributed by atoms with Gasteiger partial charge in [-0.25, -0.2) is 9.07 Å². The summed E-state index contributed by atoms with van der Waals surface area (Å²) in [5.41, 5.74) is -0.312. The minimum atomic E-state index is -0.938. The zero-order chi connectivity index (χ0) is 20.1. The topological polar surface area (TPSA) is 110 Å². The molecule has 1 saturated carbocycles. The van der Waals surface area contributed by atoms with Crippen molar-refractivity contribution in [2.75, 3.05) is 6.54 Å². The summed E-state index contributed by atoms with van der Waals surface area (Å²) in [4.78, 5) is 24.8. The van der Waals surface area contributed by atoms with Gasteiger partial charge in [-0.2, -0.15) is 0 Å². The second-order valence-corrected chi connectivity index (χ2v) is 7.38. The molecule has 0 aliphatic heterocycles. The molecule has 2 aromatic rings. The van der Waals surface area contributed by atoms with Crippen molar-refractivity contribution in [1.82, 2.24) is 25.5 Å². The molecule has 8 nitrogen and oxygen atoms in total. The van der Waals surface area contributed by atoms with Gasteiger partial charge in [0.2, 0.25) is 5.91 Å².